The molecule has 1 aliphatic rings. The molecule has 0 bridgehead atoms. The first-order chi connectivity index (χ1) is 8.15. The predicted octanol–water partition coefficient (Wildman–Crippen LogP) is 2.70. The fourth-order valence-electron chi connectivity index (χ4n) is 2.17. The van der Waals surface area contributed by atoms with E-state index in [1.54, 1.807) is 4.90 Å². The van der Waals surface area contributed by atoms with Gasteiger partial charge in [0.1, 0.15) is 12.4 Å². The summed E-state index contributed by atoms with van der Waals surface area (Å²) in [6, 6.07) is 7.70. The summed E-state index contributed by atoms with van der Waals surface area (Å²) >= 11 is 0. The average Bonchev–Trinajstić information content (AvgIpc) is 2.49. The van der Waals surface area contributed by atoms with E-state index in [0.717, 1.165) is 17.9 Å². The summed E-state index contributed by atoms with van der Waals surface area (Å²) in [4.78, 5) is 14.1. The van der Waals surface area contributed by atoms with Gasteiger partial charge < -0.3 is 9.64 Å². The summed E-state index contributed by atoms with van der Waals surface area (Å²) in [6.07, 6.45) is 0.990. The van der Waals surface area contributed by atoms with E-state index < -0.39 is 0 Å². The van der Waals surface area contributed by atoms with Gasteiger partial charge in [0, 0.05) is 7.05 Å². The third-order valence-corrected chi connectivity index (χ3v) is 3.62. The predicted molar refractivity (Wildman–Crippen MR) is 68.3 cm³/mol. The fraction of sp³-hybridized carbons (Fsp3) is 0.500. The Kier molecular flexibility index (Phi) is 3.36. The number of hydrogen-bond acceptors (Lipinski definition) is 2. The van der Waals surface area contributed by atoms with Crippen molar-refractivity contribution in [2.24, 2.45) is 11.8 Å². The number of nitrogens with zero attached hydrogens (tertiary/aromatic N) is 1. The Morgan fingerprint density at radius 2 is 2.18 bits per heavy atom. The maximum Gasteiger partial charge on any atom is 0.233 e. The van der Waals surface area contributed by atoms with Crippen molar-refractivity contribution in [2.75, 3.05) is 18.6 Å². The number of anilines is 1. The van der Waals surface area contributed by atoms with Crippen molar-refractivity contribution >= 4 is 11.6 Å². The highest BCUT2D eigenvalue weighted by Gasteiger charge is 2.32. The molecule has 0 spiro atoms. The van der Waals surface area contributed by atoms with Crippen molar-refractivity contribution in [1.82, 2.24) is 0 Å². The molecule has 0 N–H and O–H groups in total. The topological polar surface area (TPSA) is 29.5 Å². The molecule has 1 aliphatic heterocycles. The second-order valence-corrected chi connectivity index (χ2v) is 4.67. The summed E-state index contributed by atoms with van der Waals surface area (Å²) in [5, 5.41) is 0. The third-order valence-electron chi connectivity index (χ3n) is 3.62. The number of rotatable bonds is 2. The molecule has 0 fully saturated rings. The largest absolute Gasteiger partial charge is 0.491 e. The molecule has 17 heavy (non-hydrogen) atoms. The molecule has 1 heterocycles. The number of amides is 1. The van der Waals surface area contributed by atoms with Crippen LogP contribution in [0.3, 0.4) is 0 Å². The molecular weight excluding hydrogens is 214 g/mol. The van der Waals surface area contributed by atoms with Crippen LogP contribution in [-0.2, 0) is 4.79 Å². The molecule has 0 aliphatic carbocycles. The van der Waals surface area contributed by atoms with Crippen molar-refractivity contribution in [2.45, 2.75) is 20.3 Å². The summed E-state index contributed by atoms with van der Waals surface area (Å²) in [7, 11) is 1.82. The van der Waals surface area contributed by atoms with Crippen LogP contribution in [0.1, 0.15) is 20.3 Å². The molecule has 2 unspecified atom stereocenters. The second kappa shape index (κ2) is 4.78. The van der Waals surface area contributed by atoms with Gasteiger partial charge in [0.2, 0.25) is 5.91 Å². The summed E-state index contributed by atoms with van der Waals surface area (Å²) < 4.78 is 5.76. The molecule has 3 heteroatoms. The molecule has 3 nitrogen and oxygen atoms in total. The van der Waals surface area contributed by atoms with Gasteiger partial charge in [-0.1, -0.05) is 32.4 Å². The zero-order chi connectivity index (χ0) is 12.4. The molecule has 2 rings (SSSR count). The summed E-state index contributed by atoms with van der Waals surface area (Å²) in [6.45, 7) is 4.70. The average molecular weight is 233 g/mol. The number of ether oxygens (including phenoxy) is 1. The lowest BCUT2D eigenvalue weighted by molar-refractivity contribution is -0.124. The maximum absolute atomic E-state index is 12.4. The molecule has 1 aromatic carbocycles. The van der Waals surface area contributed by atoms with Gasteiger partial charge in [0.25, 0.3) is 0 Å². The lowest BCUT2D eigenvalue weighted by atomic mass is 9.91. The van der Waals surface area contributed by atoms with E-state index in [1.165, 1.54) is 0 Å². The van der Waals surface area contributed by atoms with E-state index in [1.807, 2.05) is 31.3 Å². The van der Waals surface area contributed by atoms with Crippen LogP contribution < -0.4 is 9.64 Å². The number of benzene rings is 1. The van der Waals surface area contributed by atoms with Gasteiger partial charge in [-0.25, -0.2) is 0 Å². The molecule has 2 atom stereocenters. The zero-order valence-electron chi connectivity index (χ0n) is 10.6. The van der Waals surface area contributed by atoms with Gasteiger partial charge in [0.15, 0.2) is 0 Å². The van der Waals surface area contributed by atoms with Gasteiger partial charge in [0.05, 0.1) is 11.6 Å². The van der Waals surface area contributed by atoms with E-state index in [9.17, 15) is 4.79 Å². The third kappa shape index (κ3) is 2.14. The highest BCUT2D eigenvalue weighted by molar-refractivity contribution is 5.96. The minimum atomic E-state index is -0.0441. The molecule has 1 amide bonds. The van der Waals surface area contributed by atoms with Crippen LogP contribution in [0.5, 0.6) is 5.75 Å². The lowest BCUT2D eigenvalue weighted by Crippen LogP contribution is -2.36. The monoisotopic (exact) mass is 233 g/mol. The molecular formula is C14H19NO2. The Hall–Kier alpha value is -1.51. The van der Waals surface area contributed by atoms with Crippen LogP contribution in [0, 0.1) is 11.8 Å². The van der Waals surface area contributed by atoms with Crippen LogP contribution in [0.25, 0.3) is 0 Å². The number of hydrogen-bond donors (Lipinski definition) is 0. The van der Waals surface area contributed by atoms with Crippen LogP contribution in [0.15, 0.2) is 24.3 Å². The highest BCUT2D eigenvalue weighted by Crippen LogP contribution is 2.33. The SMILES string of the molecule is CCC(C)C1COc2ccccc2N(C)C1=O. The van der Waals surface area contributed by atoms with Gasteiger partial charge in [-0.15, -0.1) is 0 Å². The Morgan fingerprint density at radius 3 is 2.88 bits per heavy atom. The first kappa shape index (κ1) is 12.0. The van der Waals surface area contributed by atoms with Crippen LogP contribution in [0.4, 0.5) is 5.69 Å². The van der Waals surface area contributed by atoms with Crippen molar-refractivity contribution in [1.29, 1.82) is 0 Å². The van der Waals surface area contributed by atoms with Gasteiger partial charge >= 0.3 is 0 Å². The van der Waals surface area contributed by atoms with E-state index in [0.29, 0.717) is 12.5 Å². The minimum absolute atomic E-state index is 0.0441. The van der Waals surface area contributed by atoms with Crippen molar-refractivity contribution in [3.8, 4) is 5.75 Å². The summed E-state index contributed by atoms with van der Waals surface area (Å²) in [5.41, 5.74) is 0.864. The normalized spacial score (nSPS) is 21.5. The molecule has 0 aromatic heterocycles. The molecule has 0 radical (unpaired) electrons. The van der Waals surface area contributed by atoms with Crippen LogP contribution in [-0.4, -0.2) is 19.6 Å². The number of carbonyl (C=O) groups excluding carboxylic acids is 1. The fourth-order valence-corrected chi connectivity index (χ4v) is 2.17. The van der Waals surface area contributed by atoms with Gasteiger partial charge in [-0.05, 0) is 18.1 Å². The maximum atomic E-state index is 12.4. The van der Waals surface area contributed by atoms with E-state index >= 15 is 0 Å². The zero-order valence-corrected chi connectivity index (χ0v) is 10.6. The van der Waals surface area contributed by atoms with E-state index in [2.05, 4.69) is 13.8 Å². The van der Waals surface area contributed by atoms with Gasteiger partial charge in [-0.2, -0.15) is 0 Å². The second-order valence-electron chi connectivity index (χ2n) is 4.67. The Bertz CT molecular complexity index is 416. The number of para-hydroxylation sites is 2. The standard InChI is InChI=1S/C14H19NO2/c1-4-10(2)11-9-17-13-8-6-5-7-12(13)15(3)14(11)16/h5-8,10-11H,4,9H2,1-3H3. The van der Waals surface area contributed by atoms with E-state index in [-0.39, 0.29) is 11.8 Å². The smallest absolute Gasteiger partial charge is 0.233 e. The van der Waals surface area contributed by atoms with Crippen LogP contribution >= 0.6 is 0 Å². The number of carbonyl (C=O) groups is 1. The molecule has 0 saturated heterocycles. The minimum Gasteiger partial charge on any atom is -0.491 e. The molecule has 0 saturated carbocycles. The Balaban J connectivity index is 2.32. The lowest BCUT2D eigenvalue weighted by Gasteiger charge is -2.23. The van der Waals surface area contributed by atoms with Crippen molar-refractivity contribution in [3.63, 3.8) is 0 Å². The number of fused-ring (bicyclic) bond motifs is 1. The molecule has 1 aromatic rings. The van der Waals surface area contributed by atoms with Crippen LogP contribution in [0.2, 0.25) is 0 Å². The van der Waals surface area contributed by atoms with E-state index in [4.69, 9.17) is 4.74 Å². The van der Waals surface area contributed by atoms with Crippen molar-refractivity contribution in [3.05, 3.63) is 24.3 Å². The molecule has 92 valence electrons. The first-order valence-electron chi connectivity index (χ1n) is 6.14. The quantitative estimate of drug-likeness (QED) is 0.786. The first-order valence-corrected chi connectivity index (χ1v) is 6.14. The Labute approximate surface area is 102 Å². The Morgan fingerprint density at radius 1 is 1.47 bits per heavy atom. The highest BCUT2D eigenvalue weighted by atomic mass is 16.5. The summed E-state index contributed by atoms with van der Waals surface area (Å²) in [5.74, 6) is 1.26. The van der Waals surface area contributed by atoms with Crippen molar-refractivity contribution < 1.29 is 9.53 Å². The van der Waals surface area contributed by atoms with Gasteiger partial charge in [-0.3, -0.25) is 4.79 Å².